The summed E-state index contributed by atoms with van der Waals surface area (Å²) >= 11 is 1.47. The molecule has 1 amide bonds. The molecule has 5 nitrogen and oxygen atoms in total. The van der Waals surface area contributed by atoms with Gasteiger partial charge in [-0.1, -0.05) is 42.5 Å². The van der Waals surface area contributed by atoms with Gasteiger partial charge in [-0.25, -0.2) is 9.97 Å². The van der Waals surface area contributed by atoms with Crippen molar-refractivity contribution >= 4 is 28.3 Å². The standard InChI is InChI=1S/C24H24N4OS/c1-17-21(24(29)27-14-8-3-9-15-27)30-23(25-17)22-26-19-12-6-7-13-20(19)28(22)16-18-10-4-2-5-11-18/h2,4-7,10-13H,3,8-9,14-16H2,1H3. The Kier molecular flexibility index (Phi) is 5.09. The lowest BCUT2D eigenvalue weighted by Gasteiger charge is -2.26. The number of rotatable bonds is 4. The molecule has 2 aromatic carbocycles. The van der Waals surface area contributed by atoms with Gasteiger partial charge in [-0.2, -0.15) is 0 Å². The Bertz CT molecular complexity index is 1190. The minimum Gasteiger partial charge on any atom is -0.338 e. The van der Waals surface area contributed by atoms with Gasteiger partial charge in [0.15, 0.2) is 10.8 Å². The number of piperidine rings is 1. The number of carbonyl (C=O) groups excluding carboxylic acids is 1. The molecule has 0 saturated carbocycles. The molecule has 4 aromatic rings. The van der Waals surface area contributed by atoms with E-state index in [2.05, 4.69) is 34.9 Å². The van der Waals surface area contributed by atoms with Gasteiger partial charge in [0.2, 0.25) is 0 Å². The molecule has 0 spiro atoms. The Morgan fingerprint density at radius 3 is 2.50 bits per heavy atom. The summed E-state index contributed by atoms with van der Waals surface area (Å²) in [5.74, 6) is 0.938. The Hall–Kier alpha value is -2.99. The van der Waals surface area contributed by atoms with Crippen LogP contribution in [0.25, 0.3) is 21.9 Å². The summed E-state index contributed by atoms with van der Waals surface area (Å²) in [6, 6.07) is 18.5. The summed E-state index contributed by atoms with van der Waals surface area (Å²) in [6.07, 6.45) is 3.38. The lowest BCUT2D eigenvalue weighted by atomic mass is 10.1. The molecule has 1 fully saturated rings. The molecule has 0 N–H and O–H groups in total. The average Bonchev–Trinajstić information content (AvgIpc) is 3.35. The molecule has 1 aliphatic rings. The van der Waals surface area contributed by atoms with Crippen LogP contribution in [0.3, 0.4) is 0 Å². The fraction of sp³-hybridized carbons (Fsp3) is 0.292. The number of para-hydroxylation sites is 2. The maximum absolute atomic E-state index is 13.1. The third-order valence-corrected chi connectivity index (χ3v) is 6.80. The van der Waals surface area contributed by atoms with E-state index in [4.69, 9.17) is 9.97 Å². The van der Waals surface area contributed by atoms with Gasteiger partial charge in [-0.05, 0) is 43.9 Å². The number of benzene rings is 2. The van der Waals surface area contributed by atoms with Crippen LogP contribution in [-0.2, 0) is 6.54 Å². The topological polar surface area (TPSA) is 51.0 Å². The maximum atomic E-state index is 13.1. The van der Waals surface area contributed by atoms with Gasteiger partial charge >= 0.3 is 0 Å². The summed E-state index contributed by atoms with van der Waals surface area (Å²) < 4.78 is 2.21. The SMILES string of the molecule is Cc1nc(-c2nc3ccccc3n2Cc2ccccc2)sc1C(=O)N1CCCCC1. The van der Waals surface area contributed by atoms with E-state index in [1.54, 1.807) is 0 Å². The predicted molar refractivity (Wildman–Crippen MR) is 121 cm³/mol. The van der Waals surface area contributed by atoms with Crippen LogP contribution in [0, 0.1) is 6.92 Å². The molecule has 1 saturated heterocycles. The number of fused-ring (bicyclic) bond motifs is 1. The second kappa shape index (κ2) is 8.03. The molecule has 2 aromatic heterocycles. The Labute approximate surface area is 180 Å². The lowest BCUT2D eigenvalue weighted by molar-refractivity contribution is 0.0728. The van der Waals surface area contributed by atoms with Gasteiger partial charge in [0.05, 0.1) is 16.7 Å². The quantitative estimate of drug-likeness (QED) is 0.463. The van der Waals surface area contributed by atoms with Crippen molar-refractivity contribution in [2.45, 2.75) is 32.7 Å². The lowest BCUT2D eigenvalue weighted by Crippen LogP contribution is -2.35. The summed E-state index contributed by atoms with van der Waals surface area (Å²) in [5, 5.41) is 0.806. The third kappa shape index (κ3) is 3.52. The van der Waals surface area contributed by atoms with Crippen molar-refractivity contribution in [3.05, 3.63) is 70.7 Å². The molecule has 0 atom stereocenters. The van der Waals surface area contributed by atoms with Crippen molar-refractivity contribution in [1.82, 2.24) is 19.4 Å². The van der Waals surface area contributed by atoms with Crippen LogP contribution >= 0.6 is 11.3 Å². The third-order valence-electron chi connectivity index (χ3n) is 5.66. The zero-order valence-corrected chi connectivity index (χ0v) is 17.9. The van der Waals surface area contributed by atoms with Crippen LogP contribution in [0.1, 0.15) is 40.2 Å². The van der Waals surface area contributed by atoms with Gasteiger partial charge in [-0.15, -0.1) is 11.3 Å². The highest BCUT2D eigenvalue weighted by Crippen LogP contribution is 2.32. The van der Waals surface area contributed by atoms with E-state index in [-0.39, 0.29) is 5.91 Å². The molecule has 6 heteroatoms. The number of aromatic nitrogens is 3. The van der Waals surface area contributed by atoms with E-state index < -0.39 is 0 Å². The Morgan fingerprint density at radius 1 is 0.967 bits per heavy atom. The van der Waals surface area contributed by atoms with E-state index in [0.717, 1.165) is 58.4 Å². The number of amides is 1. The van der Waals surface area contributed by atoms with Crippen LogP contribution in [0.2, 0.25) is 0 Å². The predicted octanol–water partition coefficient (Wildman–Crippen LogP) is 5.14. The van der Waals surface area contributed by atoms with Crippen molar-refractivity contribution in [2.24, 2.45) is 0 Å². The molecular formula is C24H24N4OS. The van der Waals surface area contributed by atoms with Crippen molar-refractivity contribution in [3.8, 4) is 10.8 Å². The van der Waals surface area contributed by atoms with Crippen molar-refractivity contribution in [3.63, 3.8) is 0 Å². The van der Waals surface area contributed by atoms with E-state index >= 15 is 0 Å². The summed E-state index contributed by atoms with van der Waals surface area (Å²) in [5.41, 5.74) is 4.02. The molecule has 0 unspecified atom stereocenters. The van der Waals surface area contributed by atoms with Gasteiger partial charge in [0.1, 0.15) is 4.88 Å². The first-order valence-corrected chi connectivity index (χ1v) is 11.3. The number of thiazole rings is 1. The minimum atomic E-state index is 0.113. The number of hydrogen-bond acceptors (Lipinski definition) is 4. The van der Waals surface area contributed by atoms with Crippen LogP contribution in [0.4, 0.5) is 0 Å². The number of nitrogens with zero attached hydrogens (tertiary/aromatic N) is 4. The van der Waals surface area contributed by atoms with E-state index in [0.29, 0.717) is 6.54 Å². The van der Waals surface area contributed by atoms with Crippen LogP contribution in [0.15, 0.2) is 54.6 Å². The molecule has 0 radical (unpaired) electrons. The highest BCUT2D eigenvalue weighted by atomic mass is 32.1. The van der Waals surface area contributed by atoms with Crippen molar-refractivity contribution in [2.75, 3.05) is 13.1 Å². The molecule has 0 bridgehead atoms. The normalized spacial score (nSPS) is 14.4. The van der Waals surface area contributed by atoms with E-state index in [9.17, 15) is 4.79 Å². The van der Waals surface area contributed by atoms with Gasteiger partial charge < -0.3 is 9.47 Å². The molecule has 30 heavy (non-hydrogen) atoms. The van der Waals surface area contributed by atoms with Crippen LogP contribution in [-0.4, -0.2) is 38.4 Å². The molecule has 0 aliphatic carbocycles. The first kappa shape index (κ1) is 19.0. The smallest absolute Gasteiger partial charge is 0.265 e. The highest BCUT2D eigenvalue weighted by molar-refractivity contribution is 7.17. The number of aryl methyl sites for hydroxylation is 1. The second-order valence-electron chi connectivity index (χ2n) is 7.78. The van der Waals surface area contributed by atoms with E-state index in [1.165, 1.54) is 23.3 Å². The number of likely N-dealkylation sites (tertiary alicyclic amines) is 1. The average molecular weight is 417 g/mol. The Balaban J connectivity index is 1.56. The van der Waals surface area contributed by atoms with Gasteiger partial charge in [-0.3, -0.25) is 4.79 Å². The highest BCUT2D eigenvalue weighted by Gasteiger charge is 2.25. The summed E-state index contributed by atoms with van der Waals surface area (Å²) in [7, 11) is 0. The monoisotopic (exact) mass is 416 g/mol. The molecular weight excluding hydrogens is 392 g/mol. The molecule has 152 valence electrons. The second-order valence-corrected chi connectivity index (χ2v) is 8.78. The molecule has 1 aliphatic heterocycles. The molecule has 5 rings (SSSR count). The summed E-state index contributed by atoms with van der Waals surface area (Å²) in [4.78, 5) is 25.5. The number of imidazole rings is 1. The van der Waals surface area contributed by atoms with Crippen molar-refractivity contribution < 1.29 is 4.79 Å². The zero-order valence-electron chi connectivity index (χ0n) is 17.0. The number of hydrogen-bond donors (Lipinski definition) is 0. The first-order chi connectivity index (χ1) is 14.7. The van der Waals surface area contributed by atoms with Gasteiger partial charge in [0.25, 0.3) is 5.91 Å². The minimum absolute atomic E-state index is 0.113. The first-order valence-electron chi connectivity index (χ1n) is 10.5. The van der Waals surface area contributed by atoms with Crippen LogP contribution < -0.4 is 0 Å². The van der Waals surface area contributed by atoms with E-state index in [1.807, 2.05) is 36.1 Å². The zero-order chi connectivity index (χ0) is 20.5. The van der Waals surface area contributed by atoms with Crippen molar-refractivity contribution in [1.29, 1.82) is 0 Å². The largest absolute Gasteiger partial charge is 0.338 e. The molecule has 3 heterocycles. The van der Waals surface area contributed by atoms with Crippen LogP contribution in [0.5, 0.6) is 0 Å². The maximum Gasteiger partial charge on any atom is 0.265 e. The fourth-order valence-corrected chi connectivity index (χ4v) is 5.13. The van der Waals surface area contributed by atoms with Gasteiger partial charge in [0, 0.05) is 19.6 Å². The fourth-order valence-electron chi connectivity index (χ4n) is 4.10. The number of carbonyl (C=O) groups is 1. The summed E-state index contributed by atoms with van der Waals surface area (Å²) in [6.45, 7) is 4.34. The Morgan fingerprint density at radius 2 is 1.70 bits per heavy atom.